The van der Waals surface area contributed by atoms with Crippen LogP contribution in [0.15, 0.2) is 35.4 Å². The van der Waals surface area contributed by atoms with Crippen LogP contribution in [-0.4, -0.2) is 44.7 Å². The van der Waals surface area contributed by atoms with Crippen LogP contribution < -0.4 is 14.4 Å². The third-order valence-electron chi connectivity index (χ3n) is 4.85. The fourth-order valence-corrected chi connectivity index (χ4v) is 4.68. The highest BCUT2D eigenvalue weighted by molar-refractivity contribution is 7.92. The number of benzene rings is 1. The number of piperidine rings is 1. The molecular weight excluding hydrogens is 418 g/mol. The van der Waals surface area contributed by atoms with E-state index in [0.29, 0.717) is 24.8 Å². The molecule has 0 bridgehead atoms. The lowest BCUT2D eigenvalue weighted by molar-refractivity contribution is 0.0697. The van der Waals surface area contributed by atoms with Gasteiger partial charge in [-0.25, -0.2) is 18.2 Å². The normalized spacial score (nSPS) is 15.2. The molecule has 0 spiro atoms. The molecule has 2 N–H and O–H groups in total. The van der Waals surface area contributed by atoms with E-state index in [9.17, 15) is 18.3 Å². The number of rotatable bonds is 6. The molecule has 1 saturated heterocycles. The van der Waals surface area contributed by atoms with Gasteiger partial charge in [0.15, 0.2) is 0 Å². The van der Waals surface area contributed by atoms with Crippen molar-refractivity contribution in [1.29, 1.82) is 0 Å². The van der Waals surface area contributed by atoms with Gasteiger partial charge in [-0.2, -0.15) is 0 Å². The van der Waals surface area contributed by atoms with E-state index >= 15 is 0 Å². The van der Waals surface area contributed by atoms with Crippen molar-refractivity contribution in [3.8, 4) is 5.75 Å². The van der Waals surface area contributed by atoms with Gasteiger partial charge in [0.25, 0.3) is 10.0 Å². The van der Waals surface area contributed by atoms with E-state index in [4.69, 9.17) is 16.3 Å². The monoisotopic (exact) mass is 439 g/mol. The molecule has 0 atom stereocenters. The number of pyridine rings is 1. The number of aromatic nitrogens is 1. The van der Waals surface area contributed by atoms with Crippen molar-refractivity contribution in [2.75, 3.05) is 29.8 Å². The summed E-state index contributed by atoms with van der Waals surface area (Å²) in [6, 6.07) is 5.49. The maximum Gasteiger partial charge on any atom is 0.339 e. The molecule has 1 aromatic carbocycles. The number of anilines is 2. The maximum absolute atomic E-state index is 12.8. The minimum absolute atomic E-state index is 0.0403. The van der Waals surface area contributed by atoms with Crippen LogP contribution in [0.1, 0.15) is 30.1 Å². The second-order valence-electron chi connectivity index (χ2n) is 6.97. The van der Waals surface area contributed by atoms with Crippen molar-refractivity contribution in [2.24, 2.45) is 5.92 Å². The first kappa shape index (κ1) is 21.2. The molecule has 1 aliphatic heterocycles. The number of methoxy groups -OCH3 is 1. The number of carbonyl (C=O) groups is 1. The topological polar surface area (TPSA) is 109 Å². The zero-order chi connectivity index (χ0) is 21.2. The first-order valence-corrected chi connectivity index (χ1v) is 10.9. The van der Waals surface area contributed by atoms with Gasteiger partial charge in [0.05, 0.1) is 19.0 Å². The molecule has 2 aromatic rings. The van der Waals surface area contributed by atoms with Crippen molar-refractivity contribution in [1.82, 2.24) is 4.98 Å². The number of halogens is 1. The van der Waals surface area contributed by atoms with Crippen LogP contribution in [0.2, 0.25) is 5.02 Å². The number of aromatic carboxylic acids is 1. The molecule has 1 fully saturated rings. The van der Waals surface area contributed by atoms with E-state index in [-0.39, 0.29) is 26.9 Å². The quantitative estimate of drug-likeness (QED) is 0.709. The lowest BCUT2D eigenvalue weighted by Crippen LogP contribution is -2.34. The van der Waals surface area contributed by atoms with Crippen LogP contribution in [0.5, 0.6) is 5.75 Å². The summed E-state index contributed by atoms with van der Waals surface area (Å²) in [6.07, 6.45) is 3.21. The lowest BCUT2D eigenvalue weighted by atomic mass is 9.99. The Bertz CT molecular complexity index is 1020. The molecule has 0 amide bonds. The van der Waals surface area contributed by atoms with E-state index in [1.165, 1.54) is 37.6 Å². The standard InChI is InChI=1S/C19H22ClN3O5S/c1-12-5-7-23(8-6-12)18-15(19(24)25)10-14(11-21-18)22-29(26,27)17-9-13(20)3-4-16(17)28-2/h3-4,9-12,22H,5-8H2,1-2H3,(H,24,25). The summed E-state index contributed by atoms with van der Waals surface area (Å²) >= 11 is 5.92. The molecule has 1 aliphatic rings. The van der Waals surface area contributed by atoms with Crippen molar-refractivity contribution < 1.29 is 23.1 Å². The summed E-state index contributed by atoms with van der Waals surface area (Å²) in [5, 5.41) is 9.85. The Morgan fingerprint density at radius 2 is 2.00 bits per heavy atom. The van der Waals surface area contributed by atoms with Gasteiger partial charge in [-0.15, -0.1) is 0 Å². The molecule has 0 unspecified atom stereocenters. The highest BCUT2D eigenvalue weighted by atomic mass is 35.5. The Morgan fingerprint density at radius 3 is 2.62 bits per heavy atom. The summed E-state index contributed by atoms with van der Waals surface area (Å²) in [5.74, 6) is -0.133. The van der Waals surface area contributed by atoms with E-state index in [1.807, 2.05) is 4.90 Å². The van der Waals surface area contributed by atoms with Gasteiger partial charge in [-0.3, -0.25) is 4.72 Å². The van der Waals surface area contributed by atoms with Crippen LogP contribution in [0.3, 0.4) is 0 Å². The first-order valence-electron chi connectivity index (χ1n) is 9.06. The van der Waals surface area contributed by atoms with E-state index < -0.39 is 16.0 Å². The van der Waals surface area contributed by atoms with Gasteiger partial charge in [0.1, 0.15) is 22.0 Å². The van der Waals surface area contributed by atoms with Crippen LogP contribution in [0, 0.1) is 5.92 Å². The van der Waals surface area contributed by atoms with Crippen molar-refractivity contribution in [2.45, 2.75) is 24.7 Å². The SMILES string of the molecule is COc1ccc(Cl)cc1S(=O)(=O)Nc1cnc(N2CCC(C)CC2)c(C(=O)O)c1. The highest BCUT2D eigenvalue weighted by Gasteiger charge is 2.25. The number of carboxylic acid groups (broad SMARTS) is 1. The molecule has 0 saturated carbocycles. The smallest absolute Gasteiger partial charge is 0.339 e. The van der Waals surface area contributed by atoms with E-state index in [1.54, 1.807) is 0 Å². The van der Waals surface area contributed by atoms with Crippen LogP contribution in [0.25, 0.3) is 0 Å². The zero-order valence-electron chi connectivity index (χ0n) is 16.1. The number of carboxylic acids is 1. The molecule has 156 valence electrons. The van der Waals surface area contributed by atoms with Gasteiger partial charge in [-0.05, 0) is 43.0 Å². The number of sulfonamides is 1. The number of ether oxygens (including phenoxy) is 1. The van der Waals surface area contributed by atoms with Gasteiger partial charge in [-0.1, -0.05) is 18.5 Å². The second-order valence-corrected chi connectivity index (χ2v) is 9.06. The summed E-state index contributed by atoms with van der Waals surface area (Å²) in [5.41, 5.74) is -0.0173. The third-order valence-corrected chi connectivity index (χ3v) is 6.49. The Kier molecular flexibility index (Phi) is 6.18. The van der Waals surface area contributed by atoms with Gasteiger partial charge in [0, 0.05) is 18.1 Å². The minimum atomic E-state index is -4.07. The lowest BCUT2D eigenvalue weighted by Gasteiger charge is -2.32. The Morgan fingerprint density at radius 1 is 1.31 bits per heavy atom. The highest BCUT2D eigenvalue weighted by Crippen LogP contribution is 2.30. The molecule has 8 nitrogen and oxygen atoms in total. The molecule has 3 rings (SSSR count). The predicted octanol–water partition coefficient (Wildman–Crippen LogP) is 3.48. The average Bonchev–Trinajstić information content (AvgIpc) is 2.68. The van der Waals surface area contributed by atoms with Crippen molar-refractivity contribution >= 4 is 39.1 Å². The number of nitrogens with zero attached hydrogens (tertiary/aromatic N) is 2. The Labute approximate surface area is 174 Å². The molecular formula is C19H22ClN3O5S. The molecule has 0 aliphatic carbocycles. The molecule has 2 heterocycles. The van der Waals surface area contributed by atoms with E-state index in [0.717, 1.165) is 12.8 Å². The van der Waals surface area contributed by atoms with Crippen molar-refractivity contribution in [3.63, 3.8) is 0 Å². The molecule has 1 aromatic heterocycles. The fourth-order valence-electron chi connectivity index (χ4n) is 3.21. The number of hydrogen-bond donors (Lipinski definition) is 2. The molecule has 29 heavy (non-hydrogen) atoms. The second kappa shape index (κ2) is 8.46. The summed E-state index contributed by atoms with van der Waals surface area (Å²) in [6.45, 7) is 3.57. The molecule has 0 radical (unpaired) electrons. The van der Waals surface area contributed by atoms with E-state index in [2.05, 4.69) is 16.6 Å². The van der Waals surface area contributed by atoms with Crippen LogP contribution in [0.4, 0.5) is 11.5 Å². The maximum atomic E-state index is 12.8. The number of hydrogen-bond acceptors (Lipinski definition) is 6. The van der Waals surface area contributed by atoms with Gasteiger partial charge < -0.3 is 14.7 Å². The van der Waals surface area contributed by atoms with Gasteiger partial charge in [0.2, 0.25) is 0 Å². The van der Waals surface area contributed by atoms with Crippen molar-refractivity contribution in [3.05, 3.63) is 41.0 Å². The zero-order valence-corrected chi connectivity index (χ0v) is 17.6. The van der Waals surface area contributed by atoms with Gasteiger partial charge >= 0.3 is 5.97 Å². The fraction of sp³-hybridized carbons (Fsp3) is 0.368. The summed E-state index contributed by atoms with van der Waals surface area (Å²) in [4.78, 5) is 17.8. The van der Waals surface area contributed by atoms with Crippen LogP contribution in [-0.2, 0) is 10.0 Å². The summed E-state index contributed by atoms with van der Waals surface area (Å²) < 4.78 is 33.1. The first-order chi connectivity index (χ1) is 13.7. The average molecular weight is 440 g/mol. The predicted molar refractivity (Wildman–Crippen MR) is 111 cm³/mol. The Balaban J connectivity index is 1.93. The number of nitrogens with one attached hydrogen (secondary N) is 1. The van der Waals surface area contributed by atoms with Crippen LogP contribution >= 0.6 is 11.6 Å². The Hall–Kier alpha value is -2.52. The molecule has 10 heteroatoms. The largest absolute Gasteiger partial charge is 0.495 e. The third kappa shape index (κ3) is 4.73. The minimum Gasteiger partial charge on any atom is -0.495 e. The summed E-state index contributed by atoms with van der Waals surface area (Å²) in [7, 11) is -2.72.